The summed E-state index contributed by atoms with van der Waals surface area (Å²) in [6, 6.07) is 7.52. The van der Waals surface area contributed by atoms with Crippen LogP contribution in [0, 0.1) is 20.8 Å². The fourth-order valence-corrected chi connectivity index (χ4v) is 3.21. The second kappa shape index (κ2) is 7.97. The Bertz CT molecular complexity index is 731. The minimum Gasteiger partial charge on any atom is -0.483 e. The molecule has 0 aliphatic rings. The summed E-state index contributed by atoms with van der Waals surface area (Å²) in [6.07, 6.45) is 0. The lowest BCUT2D eigenvalue weighted by Crippen LogP contribution is -2.21. The van der Waals surface area contributed by atoms with Gasteiger partial charge in [-0.3, -0.25) is 4.79 Å². The van der Waals surface area contributed by atoms with Crippen LogP contribution in [0.4, 0.5) is 5.00 Å². The van der Waals surface area contributed by atoms with Gasteiger partial charge in [0, 0.05) is 4.88 Å². The lowest BCUT2D eigenvalue weighted by Gasteiger charge is -2.12. The summed E-state index contributed by atoms with van der Waals surface area (Å²) in [5, 5.41) is 3.22. The zero-order valence-electron chi connectivity index (χ0n) is 14.3. The molecule has 0 radical (unpaired) electrons. The molecule has 5 nitrogen and oxygen atoms in total. The Kier molecular flexibility index (Phi) is 5.98. The van der Waals surface area contributed by atoms with Crippen molar-refractivity contribution >= 4 is 28.2 Å². The fourth-order valence-electron chi connectivity index (χ4n) is 2.29. The van der Waals surface area contributed by atoms with Gasteiger partial charge in [-0.2, -0.15) is 0 Å². The van der Waals surface area contributed by atoms with E-state index in [-0.39, 0.29) is 19.1 Å². The molecule has 0 aliphatic heterocycles. The summed E-state index contributed by atoms with van der Waals surface area (Å²) >= 11 is 1.34. The van der Waals surface area contributed by atoms with E-state index in [9.17, 15) is 9.59 Å². The standard InChI is InChI=1S/C18H21NO4S/c1-5-22-18(21)14-9-13(4)24-17(14)19-15(20)10-23-16-11(2)7-6-8-12(16)3/h6-9H,5,10H2,1-4H3,(H,19,20). The van der Waals surface area contributed by atoms with E-state index in [1.807, 2.05) is 39.0 Å². The molecule has 128 valence electrons. The van der Waals surface area contributed by atoms with Gasteiger partial charge < -0.3 is 14.8 Å². The Labute approximate surface area is 145 Å². The van der Waals surface area contributed by atoms with Crippen LogP contribution in [-0.4, -0.2) is 25.1 Å². The molecule has 1 aromatic carbocycles. The molecule has 0 fully saturated rings. The first-order valence-electron chi connectivity index (χ1n) is 7.68. The molecule has 0 aliphatic carbocycles. The van der Waals surface area contributed by atoms with E-state index in [0.717, 1.165) is 16.0 Å². The van der Waals surface area contributed by atoms with Crippen LogP contribution in [0.2, 0.25) is 0 Å². The average molecular weight is 347 g/mol. The molecule has 2 aromatic rings. The van der Waals surface area contributed by atoms with Crippen molar-refractivity contribution in [2.75, 3.05) is 18.5 Å². The van der Waals surface area contributed by atoms with Gasteiger partial charge in [0.05, 0.1) is 12.2 Å². The number of hydrogen-bond acceptors (Lipinski definition) is 5. The topological polar surface area (TPSA) is 64.6 Å². The van der Waals surface area contributed by atoms with Crippen LogP contribution in [0.3, 0.4) is 0 Å². The smallest absolute Gasteiger partial charge is 0.341 e. The van der Waals surface area contributed by atoms with E-state index in [2.05, 4.69) is 5.32 Å². The Balaban J connectivity index is 2.04. The first kappa shape index (κ1) is 18.0. The van der Waals surface area contributed by atoms with Crippen LogP contribution in [0.1, 0.15) is 33.3 Å². The van der Waals surface area contributed by atoms with E-state index in [1.54, 1.807) is 13.0 Å². The number of amides is 1. The summed E-state index contributed by atoms with van der Waals surface area (Å²) in [4.78, 5) is 25.0. The zero-order chi connectivity index (χ0) is 17.7. The van der Waals surface area contributed by atoms with Gasteiger partial charge in [0.25, 0.3) is 5.91 Å². The molecular weight excluding hydrogens is 326 g/mol. The third-order valence-electron chi connectivity index (χ3n) is 3.36. The molecule has 1 amide bonds. The quantitative estimate of drug-likeness (QED) is 0.806. The van der Waals surface area contributed by atoms with Crippen LogP contribution >= 0.6 is 11.3 Å². The van der Waals surface area contributed by atoms with Crippen molar-refractivity contribution in [3.05, 3.63) is 45.8 Å². The number of aryl methyl sites for hydroxylation is 3. The van der Waals surface area contributed by atoms with Crippen molar-refractivity contribution in [1.82, 2.24) is 0 Å². The maximum atomic E-state index is 12.2. The molecule has 1 aromatic heterocycles. The van der Waals surface area contributed by atoms with Crippen molar-refractivity contribution in [3.8, 4) is 5.75 Å². The number of carbonyl (C=O) groups is 2. The molecule has 0 spiro atoms. The number of carbonyl (C=O) groups excluding carboxylic acids is 2. The van der Waals surface area contributed by atoms with Crippen LogP contribution in [0.25, 0.3) is 0 Å². The first-order chi connectivity index (χ1) is 11.4. The number of hydrogen-bond donors (Lipinski definition) is 1. The van der Waals surface area contributed by atoms with Gasteiger partial charge in [0.2, 0.25) is 0 Å². The highest BCUT2D eigenvalue weighted by molar-refractivity contribution is 7.16. The van der Waals surface area contributed by atoms with Crippen molar-refractivity contribution in [3.63, 3.8) is 0 Å². The van der Waals surface area contributed by atoms with Crippen molar-refractivity contribution in [2.24, 2.45) is 0 Å². The van der Waals surface area contributed by atoms with Gasteiger partial charge in [-0.15, -0.1) is 11.3 Å². The Morgan fingerprint density at radius 2 is 1.83 bits per heavy atom. The molecule has 2 rings (SSSR count). The molecule has 0 atom stereocenters. The summed E-state index contributed by atoms with van der Waals surface area (Å²) in [7, 11) is 0. The third-order valence-corrected chi connectivity index (χ3v) is 4.33. The van der Waals surface area contributed by atoms with E-state index < -0.39 is 5.97 Å². The second-order valence-corrected chi connectivity index (χ2v) is 6.63. The maximum Gasteiger partial charge on any atom is 0.341 e. The highest BCUT2D eigenvalue weighted by Gasteiger charge is 2.18. The van der Waals surface area contributed by atoms with Crippen LogP contribution in [0.5, 0.6) is 5.75 Å². The Hall–Kier alpha value is -2.34. The average Bonchev–Trinajstić information content (AvgIpc) is 2.87. The predicted molar refractivity (Wildman–Crippen MR) is 95.1 cm³/mol. The van der Waals surface area contributed by atoms with Gasteiger partial charge in [-0.25, -0.2) is 4.79 Å². The van der Waals surface area contributed by atoms with E-state index in [1.165, 1.54) is 11.3 Å². The summed E-state index contributed by atoms with van der Waals surface area (Å²) in [5.74, 6) is -0.0431. The van der Waals surface area contributed by atoms with Crippen molar-refractivity contribution in [2.45, 2.75) is 27.7 Å². The number of ether oxygens (including phenoxy) is 2. The molecule has 6 heteroatoms. The molecule has 1 heterocycles. The number of esters is 1. The van der Waals surface area contributed by atoms with Crippen LogP contribution in [0.15, 0.2) is 24.3 Å². The van der Waals surface area contributed by atoms with Crippen molar-refractivity contribution < 1.29 is 19.1 Å². The second-order valence-electron chi connectivity index (χ2n) is 5.38. The predicted octanol–water partition coefficient (Wildman–Crippen LogP) is 3.87. The van der Waals surface area contributed by atoms with Crippen LogP contribution < -0.4 is 10.1 Å². The summed E-state index contributed by atoms with van der Waals surface area (Å²) in [5.41, 5.74) is 2.32. The Morgan fingerprint density at radius 1 is 1.17 bits per heavy atom. The monoisotopic (exact) mass is 347 g/mol. The van der Waals surface area contributed by atoms with Gasteiger partial charge in [-0.1, -0.05) is 18.2 Å². The highest BCUT2D eigenvalue weighted by atomic mass is 32.1. The molecule has 0 saturated heterocycles. The molecule has 0 bridgehead atoms. The number of rotatable bonds is 6. The molecular formula is C18H21NO4S. The third kappa shape index (κ3) is 4.35. The van der Waals surface area contributed by atoms with Gasteiger partial charge >= 0.3 is 5.97 Å². The zero-order valence-corrected chi connectivity index (χ0v) is 15.1. The van der Waals surface area contributed by atoms with Gasteiger partial charge in [-0.05, 0) is 44.9 Å². The first-order valence-corrected chi connectivity index (χ1v) is 8.50. The Morgan fingerprint density at radius 3 is 2.46 bits per heavy atom. The van der Waals surface area contributed by atoms with E-state index in [0.29, 0.717) is 16.3 Å². The number of benzene rings is 1. The number of nitrogens with one attached hydrogen (secondary N) is 1. The van der Waals surface area contributed by atoms with Gasteiger partial charge in [0.1, 0.15) is 10.8 Å². The fraction of sp³-hybridized carbons (Fsp3) is 0.333. The normalized spacial score (nSPS) is 10.3. The largest absolute Gasteiger partial charge is 0.483 e. The number of para-hydroxylation sites is 1. The number of anilines is 1. The minimum atomic E-state index is -0.437. The molecule has 0 saturated carbocycles. The molecule has 1 N–H and O–H groups in total. The number of thiophene rings is 1. The lowest BCUT2D eigenvalue weighted by molar-refractivity contribution is -0.118. The summed E-state index contributed by atoms with van der Waals surface area (Å²) < 4.78 is 10.6. The lowest BCUT2D eigenvalue weighted by atomic mass is 10.1. The highest BCUT2D eigenvalue weighted by Crippen LogP contribution is 2.28. The SMILES string of the molecule is CCOC(=O)c1cc(C)sc1NC(=O)COc1c(C)cccc1C. The summed E-state index contributed by atoms with van der Waals surface area (Å²) in [6.45, 7) is 7.65. The van der Waals surface area contributed by atoms with Crippen molar-refractivity contribution in [1.29, 1.82) is 0 Å². The maximum absolute atomic E-state index is 12.2. The van der Waals surface area contributed by atoms with Crippen LogP contribution in [-0.2, 0) is 9.53 Å². The van der Waals surface area contributed by atoms with Gasteiger partial charge in [0.15, 0.2) is 6.61 Å². The minimum absolute atomic E-state index is 0.120. The molecule has 24 heavy (non-hydrogen) atoms. The molecule has 0 unspecified atom stereocenters. The van der Waals surface area contributed by atoms with E-state index >= 15 is 0 Å². The van der Waals surface area contributed by atoms with E-state index in [4.69, 9.17) is 9.47 Å².